The van der Waals surface area contributed by atoms with E-state index in [1.54, 1.807) is 28.0 Å². The third kappa shape index (κ3) is 3.88. The van der Waals surface area contributed by atoms with Gasteiger partial charge in [-0.2, -0.15) is 5.10 Å². The molecule has 3 heterocycles. The zero-order valence-corrected chi connectivity index (χ0v) is 17.9. The average molecular weight is 426 g/mol. The number of anilines is 1. The molecule has 0 fully saturated rings. The molecular weight excluding hydrogens is 406 g/mol. The van der Waals surface area contributed by atoms with Gasteiger partial charge in [-0.1, -0.05) is 35.1 Å². The number of para-hydroxylation sites is 1. The Morgan fingerprint density at radius 3 is 2.79 bits per heavy atom. The number of rotatable bonds is 5. The minimum absolute atomic E-state index is 0.0627. The van der Waals surface area contributed by atoms with Gasteiger partial charge in [0.15, 0.2) is 5.13 Å². The number of halogens is 1. The molecule has 148 valence electrons. The van der Waals surface area contributed by atoms with Crippen LogP contribution in [0.2, 0.25) is 5.02 Å². The summed E-state index contributed by atoms with van der Waals surface area (Å²) in [6.07, 6.45) is 3.47. The minimum atomic E-state index is -0.154. The van der Waals surface area contributed by atoms with E-state index >= 15 is 0 Å². The van der Waals surface area contributed by atoms with E-state index in [1.165, 1.54) is 11.3 Å². The first kappa shape index (κ1) is 19.5. The highest BCUT2D eigenvalue weighted by Gasteiger charge is 2.26. The summed E-state index contributed by atoms with van der Waals surface area (Å²) >= 11 is 7.76. The molecule has 1 amide bonds. The fraction of sp³-hybridized carbons (Fsp3) is 0.238. The van der Waals surface area contributed by atoms with Crippen molar-refractivity contribution in [1.82, 2.24) is 19.7 Å². The smallest absolute Gasteiger partial charge is 0.278 e. The van der Waals surface area contributed by atoms with Gasteiger partial charge in [-0.25, -0.2) is 4.98 Å². The van der Waals surface area contributed by atoms with Crippen molar-refractivity contribution in [1.29, 1.82) is 0 Å². The Kier molecular flexibility index (Phi) is 5.34. The number of pyridine rings is 1. The first-order valence-corrected chi connectivity index (χ1v) is 10.5. The van der Waals surface area contributed by atoms with Gasteiger partial charge >= 0.3 is 0 Å². The van der Waals surface area contributed by atoms with Crippen LogP contribution in [-0.4, -0.2) is 25.7 Å². The number of benzene rings is 1. The molecule has 29 heavy (non-hydrogen) atoms. The monoisotopic (exact) mass is 425 g/mol. The molecule has 0 bridgehead atoms. The number of hydrogen-bond acceptors (Lipinski definition) is 5. The van der Waals surface area contributed by atoms with Gasteiger partial charge < -0.3 is 0 Å². The molecule has 0 spiro atoms. The molecule has 0 saturated heterocycles. The lowest BCUT2D eigenvalue weighted by molar-refractivity contribution is 0.0973. The molecule has 0 atom stereocenters. The van der Waals surface area contributed by atoms with Crippen LogP contribution in [0.1, 0.15) is 41.6 Å². The van der Waals surface area contributed by atoms with Crippen molar-refractivity contribution in [3.05, 3.63) is 70.8 Å². The zero-order chi connectivity index (χ0) is 20.5. The van der Waals surface area contributed by atoms with Crippen molar-refractivity contribution in [2.75, 3.05) is 4.90 Å². The molecular formula is C21H20ClN5OS. The molecule has 0 radical (unpaired) electrons. The van der Waals surface area contributed by atoms with Crippen molar-refractivity contribution < 1.29 is 4.79 Å². The summed E-state index contributed by atoms with van der Waals surface area (Å²) in [6, 6.07) is 11.3. The van der Waals surface area contributed by atoms with E-state index in [4.69, 9.17) is 11.6 Å². The molecule has 0 aliphatic rings. The van der Waals surface area contributed by atoms with Gasteiger partial charge in [0.05, 0.1) is 22.0 Å². The summed E-state index contributed by atoms with van der Waals surface area (Å²) < 4.78 is 2.69. The van der Waals surface area contributed by atoms with Crippen LogP contribution in [0.4, 0.5) is 5.13 Å². The van der Waals surface area contributed by atoms with Crippen LogP contribution in [0.3, 0.4) is 0 Å². The second kappa shape index (κ2) is 7.93. The van der Waals surface area contributed by atoms with Gasteiger partial charge in [0.25, 0.3) is 5.91 Å². The SMILES string of the molecule is Cc1cc(C(=O)N(Cc2cccnc2)c2nc3c(Cl)cccc3s2)n(C(C)C)n1. The highest BCUT2D eigenvalue weighted by atomic mass is 35.5. The third-order valence-electron chi connectivity index (χ3n) is 4.46. The van der Waals surface area contributed by atoms with Crippen LogP contribution in [0, 0.1) is 6.92 Å². The lowest BCUT2D eigenvalue weighted by atomic mass is 10.2. The summed E-state index contributed by atoms with van der Waals surface area (Å²) in [5, 5.41) is 5.65. The number of aromatic nitrogens is 4. The Balaban J connectivity index is 1.81. The fourth-order valence-corrected chi connectivity index (χ4v) is 4.39. The van der Waals surface area contributed by atoms with E-state index in [-0.39, 0.29) is 11.9 Å². The highest BCUT2D eigenvalue weighted by molar-refractivity contribution is 7.22. The Bertz CT molecular complexity index is 1170. The van der Waals surface area contributed by atoms with Gasteiger partial charge in [-0.15, -0.1) is 0 Å². The number of amides is 1. The lowest BCUT2D eigenvalue weighted by Crippen LogP contribution is -2.32. The van der Waals surface area contributed by atoms with Crippen molar-refractivity contribution >= 4 is 44.2 Å². The maximum atomic E-state index is 13.6. The normalized spacial score (nSPS) is 11.3. The summed E-state index contributed by atoms with van der Waals surface area (Å²) in [5.41, 5.74) is 2.95. The molecule has 0 N–H and O–H groups in total. The van der Waals surface area contributed by atoms with E-state index in [2.05, 4.69) is 15.1 Å². The van der Waals surface area contributed by atoms with Gasteiger partial charge in [-0.05, 0) is 50.6 Å². The maximum absolute atomic E-state index is 13.6. The first-order valence-electron chi connectivity index (χ1n) is 9.26. The van der Waals surface area contributed by atoms with Crippen LogP contribution in [-0.2, 0) is 6.54 Å². The van der Waals surface area contributed by atoms with E-state index in [1.807, 2.05) is 51.1 Å². The Labute approximate surface area is 177 Å². The summed E-state index contributed by atoms with van der Waals surface area (Å²) in [7, 11) is 0. The number of thiazole rings is 1. The molecule has 3 aromatic heterocycles. The number of hydrogen-bond donors (Lipinski definition) is 0. The van der Waals surface area contributed by atoms with Gasteiger partial charge in [0.1, 0.15) is 11.2 Å². The molecule has 0 unspecified atom stereocenters. The molecule has 8 heteroatoms. The van der Waals surface area contributed by atoms with Gasteiger partial charge in [0, 0.05) is 18.4 Å². The van der Waals surface area contributed by atoms with Crippen LogP contribution < -0.4 is 4.90 Å². The van der Waals surface area contributed by atoms with E-state index < -0.39 is 0 Å². The fourth-order valence-electron chi connectivity index (χ4n) is 3.13. The topological polar surface area (TPSA) is 63.9 Å². The Morgan fingerprint density at radius 1 is 1.28 bits per heavy atom. The predicted octanol–water partition coefficient (Wildman–Crippen LogP) is 5.28. The molecule has 1 aromatic carbocycles. The number of nitrogens with zero attached hydrogens (tertiary/aromatic N) is 5. The standard InChI is InChI=1S/C21H20ClN5OS/c1-13(2)27-17(10-14(3)25-27)20(28)26(12-15-6-5-9-23-11-15)21-24-19-16(22)7-4-8-18(19)29-21/h4-11,13H,12H2,1-3H3. The average Bonchev–Trinajstić information content (AvgIpc) is 3.31. The Morgan fingerprint density at radius 2 is 2.10 bits per heavy atom. The third-order valence-corrected chi connectivity index (χ3v) is 5.81. The van der Waals surface area contributed by atoms with Crippen LogP contribution in [0.5, 0.6) is 0 Å². The van der Waals surface area contributed by atoms with Crippen LogP contribution in [0.15, 0.2) is 48.8 Å². The first-order chi connectivity index (χ1) is 13.9. The van der Waals surface area contributed by atoms with Crippen LogP contribution >= 0.6 is 22.9 Å². The summed E-state index contributed by atoms with van der Waals surface area (Å²) in [4.78, 5) is 24.2. The second-order valence-electron chi connectivity index (χ2n) is 7.04. The number of carbonyl (C=O) groups is 1. The van der Waals surface area contributed by atoms with Crippen LogP contribution in [0.25, 0.3) is 10.2 Å². The van der Waals surface area contributed by atoms with Crippen molar-refractivity contribution in [2.24, 2.45) is 0 Å². The highest BCUT2D eigenvalue weighted by Crippen LogP contribution is 2.34. The number of fused-ring (bicyclic) bond motifs is 1. The largest absolute Gasteiger partial charge is 0.278 e. The second-order valence-corrected chi connectivity index (χ2v) is 8.46. The quantitative estimate of drug-likeness (QED) is 0.436. The van der Waals surface area contributed by atoms with Gasteiger partial charge in [0.2, 0.25) is 0 Å². The number of carbonyl (C=O) groups excluding carboxylic acids is 1. The molecule has 4 rings (SSSR count). The predicted molar refractivity (Wildman–Crippen MR) is 117 cm³/mol. The van der Waals surface area contributed by atoms with Crippen molar-refractivity contribution in [2.45, 2.75) is 33.4 Å². The maximum Gasteiger partial charge on any atom is 0.278 e. The molecule has 4 aromatic rings. The molecule has 0 saturated carbocycles. The zero-order valence-electron chi connectivity index (χ0n) is 16.3. The Hall–Kier alpha value is -2.77. The lowest BCUT2D eigenvalue weighted by Gasteiger charge is -2.21. The van der Waals surface area contributed by atoms with Gasteiger partial charge in [-0.3, -0.25) is 19.4 Å². The molecule has 0 aliphatic carbocycles. The minimum Gasteiger partial charge on any atom is -0.278 e. The molecule has 0 aliphatic heterocycles. The van der Waals surface area contributed by atoms with Crippen molar-refractivity contribution in [3.63, 3.8) is 0 Å². The summed E-state index contributed by atoms with van der Waals surface area (Å²) in [6.45, 7) is 6.25. The van der Waals surface area contributed by atoms with E-state index in [0.29, 0.717) is 27.9 Å². The summed E-state index contributed by atoms with van der Waals surface area (Å²) in [5.74, 6) is -0.154. The number of aryl methyl sites for hydroxylation is 1. The van der Waals surface area contributed by atoms with Crippen molar-refractivity contribution in [3.8, 4) is 0 Å². The van der Waals surface area contributed by atoms with E-state index in [0.717, 1.165) is 16.0 Å². The van der Waals surface area contributed by atoms with E-state index in [9.17, 15) is 4.79 Å². The molecule has 6 nitrogen and oxygen atoms in total.